The van der Waals surface area contributed by atoms with E-state index in [-0.39, 0.29) is 0 Å². The van der Waals surface area contributed by atoms with Crippen LogP contribution < -0.4 is 0 Å². The predicted octanol–water partition coefficient (Wildman–Crippen LogP) is 5.38. The van der Waals surface area contributed by atoms with Gasteiger partial charge in [0.1, 0.15) is 12.2 Å². The highest BCUT2D eigenvalue weighted by Crippen LogP contribution is 2.17. The molecule has 1 aromatic rings. The average Bonchev–Trinajstić information content (AvgIpc) is 2.76. The second-order valence-corrected chi connectivity index (χ2v) is 8.25. The van der Waals surface area contributed by atoms with E-state index >= 15 is 0 Å². The molecular weight excluding hydrogens is 364 g/mol. The zero-order chi connectivity index (χ0) is 21.2. The minimum absolute atomic E-state index is 0.402. The number of unbranched alkanes of at least 4 members (excludes halogenated alkanes) is 11. The van der Waals surface area contributed by atoms with Crippen molar-refractivity contribution in [1.29, 1.82) is 0 Å². The van der Waals surface area contributed by atoms with Crippen LogP contribution in [0.25, 0.3) is 0 Å². The van der Waals surface area contributed by atoms with Gasteiger partial charge in [-0.2, -0.15) is 0 Å². The van der Waals surface area contributed by atoms with Crippen molar-refractivity contribution in [2.24, 2.45) is 0 Å². The zero-order valence-electron chi connectivity index (χ0n) is 18.5. The van der Waals surface area contributed by atoms with E-state index in [1.165, 1.54) is 64.2 Å². The molecule has 0 saturated carbocycles. The lowest BCUT2D eigenvalue weighted by molar-refractivity contribution is -0.109. The fourth-order valence-corrected chi connectivity index (χ4v) is 3.67. The predicted molar refractivity (Wildman–Crippen MR) is 120 cm³/mol. The van der Waals surface area contributed by atoms with Gasteiger partial charge in [-0.05, 0) is 12.0 Å². The summed E-state index contributed by atoms with van der Waals surface area (Å²) in [7, 11) is 0. The number of benzene rings is 1. The minimum Gasteiger partial charge on any atom is -0.394 e. The lowest BCUT2D eigenvalue weighted by Crippen LogP contribution is -2.41. The Morgan fingerprint density at radius 2 is 1.28 bits per heavy atom. The molecule has 0 spiro atoms. The minimum atomic E-state index is -1.16. The van der Waals surface area contributed by atoms with E-state index in [4.69, 9.17) is 9.84 Å². The Morgan fingerprint density at radius 1 is 0.759 bits per heavy atom. The highest BCUT2D eigenvalue weighted by Gasteiger charge is 2.26. The van der Waals surface area contributed by atoms with Crippen molar-refractivity contribution in [1.82, 2.24) is 0 Å². The number of ether oxygens (including phenoxy) is 1. The summed E-state index contributed by atoms with van der Waals surface area (Å²) in [6.07, 6.45) is 13.4. The summed E-state index contributed by atoms with van der Waals surface area (Å²) >= 11 is 0. The largest absolute Gasteiger partial charge is 0.394 e. The van der Waals surface area contributed by atoms with Crippen molar-refractivity contribution >= 4 is 0 Å². The number of hydrogen-bond donors (Lipinski definition) is 3. The SMILES string of the molecule is CCCCCCCCCCCCCC[C@@H](OCc1ccccc1)[C@@H](O)[C@H](O)CO. The summed E-state index contributed by atoms with van der Waals surface area (Å²) in [6, 6.07) is 9.83. The number of rotatable bonds is 19. The van der Waals surface area contributed by atoms with Crippen molar-refractivity contribution in [2.45, 2.75) is 115 Å². The number of aliphatic hydroxyl groups excluding tert-OH is 3. The molecule has 0 radical (unpaired) electrons. The van der Waals surface area contributed by atoms with Gasteiger partial charge in [-0.3, -0.25) is 0 Å². The first-order valence-corrected chi connectivity index (χ1v) is 11.8. The van der Waals surface area contributed by atoms with Crippen LogP contribution in [-0.4, -0.2) is 40.2 Å². The Bertz CT molecular complexity index is 465. The molecule has 4 heteroatoms. The van der Waals surface area contributed by atoms with Crippen molar-refractivity contribution in [3.8, 4) is 0 Å². The van der Waals surface area contributed by atoms with Crippen molar-refractivity contribution < 1.29 is 20.1 Å². The molecule has 0 aliphatic heterocycles. The molecular formula is C25H44O4. The molecule has 0 heterocycles. The van der Waals surface area contributed by atoms with Crippen LogP contribution in [0.2, 0.25) is 0 Å². The molecule has 0 bridgehead atoms. The summed E-state index contributed by atoms with van der Waals surface area (Å²) in [4.78, 5) is 0. The summed E-state index contributed by atoms with van der Waals surface area (Å²) in [5.41, 5.74) is 1.04. The van der Waals surface area contributed by atoms with Crippen LogP contribution in [0.4, 0.5) is 0 Å². The van der Waals surface area contributed by atoms with Crippen LogP contribution in [0.1, 0.15) is 96.0 Å². The topological polar surface area (TPSA) is 69.9 Å². The Balaban J connectivity index is 2.16. The Morgan fingerprint density at radius 3 is 1.79 bits per heavy atom. The maximum atomic E-state index is 10.3. The van der Waals surface area contributed by atoms with Gasteiger partial charge in [0.25, 0.3) is 0 Å². The Hall–Kier alpha value is -0.940. The van der Waals surface area contributed by atoms with E-state index in [0.717, 1.165) is 18.4 Å². The molecule has 3 atom stereocenters. The lowest BCUT2D eigenvalue weighted by atomic mass is 10.0. The third-order valence-electron chi connectivity index (χ3n) is 5.61. The van der Waals surface area contributed by atoms with Crippen LogP contribution in [-0.2, 0) is 11.3 Å². The summed E-state index contributed by atoms with van der Waals surface area (Å²) < 4.78 is 5.89. The monoisotopic (exact) mass is 408 g/mol. The molecule has 3 N–H and O–H groups in total. The second kappa shape index (κ2) is 17.9. The quantitative estimate of drug-likeness (QED) is 0.269. The smallest absolute Gasteiger partial charge is 0.108 e. The molecule has 168 valence electrons. The van der Waals surface area contributed by atoms with E-state index in [1.807, 2.05) is 30.3 Å². The van der Waals surface area contributed by atoms with Gasteiger partial charge in [-0.25, -0.2) is 0 Å². The fraction of sp³-hybridized carbons (Fsp3) is 0.760. The van der Waals surface area contributed by atoms with Crippen LogP contribution in [0.15, 0.2) is 30.3 Å². The molecule has 1 rings (SSSR count). The summed E-state index contributed by atoms with van der Waals surface area (Å²) in [5.74, 6) is 0. The van der Waals surface area contributed by atoms with Crippen LogP contribution >= 0.6 is 0 Å². The first-order valence-electron chi connectivity index (χ1n) is 11.8. The van der Waals surface area contributed by atoms with Gasteiger partial charge >= 0.3 is 0 Å². The molecule has 0 saturated heterocycles. The molecule has 0 fully saturated rings. The zero-order valence-corrected chi connectivity index (χ0v) is 18.5. The normalized spacial score (nSPS) is 14.6. The molecule has 4 nitrogen and oxygen atoms in total. The van der Waals surface area contributed by atoms with Gasteiger partial charge < -0.3 is 20.1 Å². The Kier molecular flexibility index (Phi) is 16.1. The van der Waals surface area contributed by atoms with Crippen molar-refractivity contribution in [3.05, 3.63) is 35.9 Å². The number of aliphatic hydroxyl groups is 3. The molecule has 0 aliphatic rings. The summed E-state index contributed by atoms with van der Waals surface area (Å²) in [5, 5.41) is 29.2. The van der Waals surface area contributed by atoms with Crippen molar-refractivity contribution in [3.63, 3.8) is 0 Å². The van der Waals surface area contributed by atoms with Crippen molar-refractivity contribution in [2.75, 3.05) is 6.61 Å². The average molecular weight is 409 g/mol. The van der Waals surface area contributed by atoms with Gasteiger partial charge in [0.15, 0.2) is 0 Å². The van der Waals surface area contributed by atoms with E-state index in [2.05, 4.69) is 6.92 Å². The lowest BCUT2D eigenvalue weighted by Gasteiger charge is -2.26. The van der Waals surface area contributed by atoms with E-state index in [1.54, 1.807) is 0 Å². The fourth-order valence-electron chi connectivity index (χ4n) is 3.67. The molecule has 0 amide bonds. The molecule has 0 aliphatic carbocycles. The van der Waals surface area contributed by atoms with Crippen LogP contribution in [0, 0.1) is 0 Å². The van der Waals surface area contributed by atoms with Gasteiger partial charge in [0, 0.05) is 0 Å². The first kappa shape index (κ1) is 26.1. The third-order valence-corrected chi connectivity index (χ3v) is 5.61. The van der Waals surface area contributed by atoms with Crippen LogP contribution in [0.5, 0.6) is 0 Å². The van der Waals surface area contributed by atoms with Gasteiger partial charge in [-0.15, -0.1) is 0 Å². The molecule has 0 unspecified atom stereocenters. The number of hydrogen-bond acceptors (Lipinski definition) is 4. The van der Waals surface area contributed by atoms with E-state index in [9.17, 15) is 10.2 Å². The highest BCUT2D eigenvalue weighted by atomic mass is 16.5. The van der Waals surface area contributed by atoms with Gasteiger partial charge in [0.05, 0.1) is 19.3 Å². The summed E-state index contributed by atoms with van der Waals surface area (Å²) in [6.45, 7) is 2.21. The maximum absolute atomic E-state index is 10.3. The molecule has 1 aromatic carbocycles. The van der Waals surface area contributed by atoms with E-state index in [0.29, 0.717) is 13.0 Å². The first-order chi connectivity index (χ1) is 14.2. The van der Waals surface area contributed by atoms with Gasteiger partial charge in [-0.1, -0.05) is 114 Å². The Labute approximate surface area is 178 Å². The van der Waals surface area contributed by atoms with Gasteiger partial charge in [0.2, 0.25) is 0 Å². The molecule has 0 aromatic heterocycles. The highest BCUT2D eigenvalue weighted by molar-refractivity contribution is 5.13. The standard InChI is InChI=1S/C25H44O4/c1-2-3-4-5-6-7-8-9-10-11-12-16-19-24(25(28)23(27)20-26)29-21-22-17-14-13-15-18-22/h13-15,17-18,23-28H,2-12,16,19-21H2,1H3/t23-,24-,25+/m1/s1. The van der Waals surface area contributed by atoms with Crippen LogP contribution in [0.3, 0.4) is 0 Å². The maximum Gasteiger partial charge on any atom is 0.108 e. The van der Waals surface area contributed by atoms with E-state index < -0.39 is 24.9 Å². The third kappa shape index (κ3) is 13.1. The second-order valence-electron chi connectivity index (χ2n) is 8.25. The molecule has 29 heavy (non-hydrogen) atoms.